The largest absolute Gasteiger partial charge is 0.494 e. The SMILES string of the molecule is CS(=O)(=O)c1cc(OCCCN(CCc2ccc(F)cc2)Cc2cccc(C(F)(F)F)c2)ccc1C=O. The first-order valence-corrected chi connectivity index (χ1v) is 13.4. The Kier molecular flexibility index (Phi) is 9.45. The second kappa shape index (κ2) is 12.3. The number of halogens is 4. The first kappa shape index (κ1) is 28.3. The first-order chi connectivity index (χ1) is 17.5. The highest BCUT2D eigenvalue weighted by Gasteiger charge is 2.30. The number of carbonyl (C=O) groups is 1. The molecule has 3 aromatic rings. The third-order valence-corrected chi connectivity index (χ3v) is 6.84. The van der Waals surface area contributed by atoms with Crippen molar-refractivity contribution in [1.29, 1.82) is 0 Å². The van der Waals surface area contributed by atoms with Gasteiger partial charge in [-0.2, -0.15) is 13.2 Å². The molecular formula is C27H27F4NO4S. The standard InChI is InChI=1S/C27H27F4NO4S/c1-37(34,35)26-17-25(11-8-22(26)19-33)36-15-3-13-32(14-12-20-6-9-24(28)10-7-20)18-21-4-2-5-23(16-21)27(29,30)31/h2,4-11,16-17,19H,3,12-15,18H2,1H3. The normalized spacial score (nSPS) is 12.1. The molecule has 0 aromatic heterocycles. The zero-order valence-corrected chi connectivity index (χ0v) is 21.0. The van der Waals surface area contributed by atoms with Crippen LogP contribution in [0.2, 0.25) is 0 Å². The summed E-state index contributed by atoms with van der Waals surface area (Å²) in [5, 5.41) is 0. The van der Waals surface area contributed by atoms with Crippen LogP contribution in [0.5, 0.6) is 5.75 Å². The van der Waals surface area contributed by atoms with Crippen molar-refractivity contribution in [3.05, 3.63) is 94.8 Å². The maximum atomic E-state index is 13.2. The van der Waals surface area contributed by atoms with Gasteiger partial charge < -0.3 is 4.74 Å². The molecule has 0 saturated carbocycles. The Balaban J connectivity index is 1.66. The van der Waals surface area contributed by atoms with E-state index in [-0.39, 0.29) is 29.4 Å². The van der Waals surface area contributed by atoms with Crippen LogP contribution in [0.4, 0.5) is 17.6 Å². The lowest BCUT2D eigenvalue weighted by atomic mass is 10.1. The second-order valence-corrected chi connectivity index (χ2v) is 10.6. The Morgan fingerprint density at radius 3 is 2.32 bits per heavy atom. The molecule has 0 N–H and O–H groups in total. The quantitative estimate of drug-likeness (QED) is 0.172. The van der Waals surface area contributed by atoms with E-state index in [4.69, 9.17) is 4.74 Å². The maximum absolute atomic E-state index is 13.2. The summed E-state index contributed by atoms with van der Waals surface area (Å²) in [4.78, 5) is 13.0. The lowest BCUT2D eigenvalue weighted by Gasteiger charge is -2.23. The molecule has 0 spiro atoms. The number of hydrogen-bond donors (Lipinski definition) is 0. The van der Waals surface area contributed by atoms with Gasteiger partial charge in [-0.15, -0.1) is 0 Å². The van der Waals surface area contributed by atoms with Gasteiger partial charge in [0.2, 0.25) is 0 Å². The molecular weight excluding hydrogens is 510 g/mol. The molecule has 3 aromatic carbocycles. The zero-order chi connectivity index (χ0) is 27.1. The molecule has 3 rings (SSSR count). The van der Waals surface area contributed by atoms with Crippen molar-refractivity contribution in [2.45, 2.75) is 30.5 Å². The Morgan fingerprint density at radius 2 is 1.68 bits per heavy atom. The van der Waals surface area contributed by atoms with Crippen molar-refractivity contribution in [2.24, 2.45) is 0 Å². The highest BCUT2D eigenvalue weighted by molar-refractivity contribution is 7.90. The summed E-state index contributed by atoms with van der Waals surface area (Å²) >= 11 is 0. The maximum Gasteiger partial charge on any atom is 0.416 e. The van der Waals surface area contributed by atoms with E-state index < -0.39 is 21.6 Å². The van der Waals surface area contributed by atoms with Crippen LogP contribution in [0.3, 0.4) is 0 Å². The predicted molar refractivity (Wildman–Crippen MR) is 132 cm³/mol. The molecule has 5 nitrogen and oxygen atoms in total. The summed E-state index contributed by atoms with van der Waals surface area (Å²) in [6.07, 6.45) is -1.89. The van der Waals surface area contributed by atoms with Gasteiger partial charge in [0.15, 0.2) is 16.1 Å². The van der Waals surface area contributed by atoms with Crippen LogP contribution in [0, 0.1) is 5.82 Å². The third-order valence-electron chi connectivity index (χ3n) is 5.69. The van der Waals surface area contributed by atoms with Crippen LogP contribution in [0.25, 0.3) is 0 Å². The predicted octanol–water partition coefficient (Wildman–Crippen LogP) is 5.57. The smallest absolute Gasteiger partial charge is 0.416 e. The topological polar surface area (TPSA) is 63.7 Å². The highest BCUT2D eigenvalue weighted by Crippen LogP contribution is 2.30. The summed E-state index contributed by atoms with van der Waals surface area (Å²) in [6.45, 7) is 1.51. The molecule has 0 saturated heterocycles. The van der Waals surface area contributed by atoms with Crippen LogP contribution >= 0.6 is 0 Å². The molecule has 0 bridgehead atoms. The third kappa shape index (κ3) is 8.68. The van der Waals surface area contributed by atoms with Crippen molar-refractivity contribution in [2.75, 3.05) is 26.0 Å². The first-order valence-electron chi connectivity index (χ1n) is 11.5. The summed E-state index contributed by atoms with van der Waals surface area (Å²) in [5.74, 6) is -0.0521. The van der Waals surface area contributed by atoms with Crippen LogP contribution in [0.15, 0.2) is 71.6 Å². The Morgan fingerprint density at radius 1 is 0.946 bits per heavy atom. The number of nitrogens with zero attached hydrogens (tertiary/aromatic N) is 1. The lowest BCUT2D eigenvalue weighted by molar-refractivity contribution is -0.137. The fourth-order valence-corrected chi connectivity index (χ4v) is 4.69. The number of sulfone groups is 1. The van der Waals surface area contributed by atoms with Crippen molar-refractivity contribution in [3.8, 4) is 5.75 Å². The van der Waals surface area contributed by atoms with Gasteiger partial charge >= 0.3 is 6.18 Å². The fourth-order valence-electron chi connectivity index (χ4n) is 3.81. The van der Waals surface area contributed by atoms with E-state index in [9.17, 15) is 30.8 Å². The summed E-state index contributed by atoms with van der Waals surface area (Å²) in [5.41, 5.74) is 0.738. The van der Waals surface area contributed by atoms with Gasteiger partial charge in [0, 0.05) is 31.5 Å². The molecule has 10 heteroatoms. The van der Waals surface area contributed by atoms with Crippen molar-refractivity contribution >= 4 is 16.1 Å². The van der Waals surface area contributed by atoms with Crippen LogP contribution < -0.4 is 4.74 Å². The molecule has 0 atom stereocenters. The minimum atomic E-state index is -4.44. The molecule has 0 unspecified atom stereocenters. The van der Waals surface area contributed by atoms with E-state index in [0.717, 1.165) is 24.0 Å². The van der Waals surface area contributed by atoms with Crippen LogP contribution in [-0.2, 0) is 29.0 Å². The Labute approximate surface area is 213 Å². The molecule has 0 heterocycles. The van der Waals surface area contributed by atoms with Crippen molar-refractivity contribution in [3.63, 3.8) is 0 Å². The fraction of sp³-hybridized carbons (Fsp3) is 0.296. The summed E-state index contributed by atoms with van der Waals surface area (Å²) < 4.78 is 82.2. The molecule has 0 aliphatic rings. The number of rotatable bonds is 12. The van der Waals surface area contributed by atoms with Gasteiger partial charge in [-0.25, -0.2) is 12.8 Å². The van der Waals surface area contributed by atoms with Crippen molar-refractivity contribution < 1.29 is 35.5 Å². The highest BCUT2D eigenvalue weighted by atomic mass is 32.2. The molecule has 0 amide bonds. The van der Waals surface area contributed by atoms with E-state index in [1.807, 2.05) is 4.90 Å². The number of aldehydes is 1. The van der Waals surface area contributed by atoms with Crippen LogP contribution in [-0.4, -0.2) is 45.6 Å². The van der Waals surface area contributed by atoms with E-state index in [1.165, 1.54) is 36.4 Å². The van der Waals surface area contributed by atoms with Crippen LogP contribution in [0.1, 0.15) is 33.5 Å². The average molecular weight is 538 g/mol. The molecule has 0 radical (unpaired) electrons. The summed E-state index contributed by atoms with van der Waals surface area (Å²) in [7, 11) is -3.62. The number of alkyl halides is 3. The van der Waals surface area contributed by atoms with Gasteiger partial charge in [0.05, 0.1) is 17.1 Å². The molecule has 0 aliphatic heterocycles. The summed E-state index contributed by atoms with van der Waals surface area (Å²) in [6, 6.07) is 15.4. The Hall–Kier alpha value is -3.24. The minimum absolute atomic E-state index is 0.0444. The number of carbonyl (C=O) groups excluding carboxylic acids is 1. The molecule has 37 heavy (non-hydrogen) atoms. The lowest BCUT2D eigenvalue weighted by Crippen LogP contribution is -2.28. The monoisotopic (exact) mass is 537 g/mol. The second-order valence-electron chi connectivity index (χ2n) is 8.64. The van der Waals surface area contributed by atoms with Gasteiger partial charge in [-0.05, 0) is 60.4 Å². The Bertz CT molecular complexity index is 1310. The number of ether oxygens (including phenoxy) is 1. The molecule has 0 aliphatic carbocycles. The van der Waals surface area contributed by atoms with Gasteiger partial charge in [0.25, 0.3) is 0 Å². The minimum Gasteiger partial charge on any atom is -0.494 e. The van der Waals surface area contributed by atoms with E-state index >= 15 is 0 Å². The average Bonchev–Trinajstić information content (AvgIpc) is 2.85. The number of benzene rings is 3. The van der Waals surface area contributed by atoms with E-state index in [2.05, 4.69) is 0 Å². The van der Waals surface area contributed by atoms with Gasteiger partial charge in [-0.1, -0.05) is 30.3 Å². The van der Waals surface area contributed by atoms with Crippen molar-refractivity contribution in [1.82, 2.24) is 4.90 Å². The van der Waals surface area contributed by atoms with Gasteiger partial charge in [-0.3, -0.25) is 9.69 Å². The zero-order valence-electron chi connectivity index (χ0n) is 20.2. The number of hydrogen-bond acceptors (Lipinski definition) is 5. The van der Waals surface area contributed by atoms with E-state index in [1.54, 1.807) is 18.2 Å². The van der Waals surface area contributed by atoms with E-state index in [0.29, 0.717) is 43.5 Å². The molecule has 198 valence electrons. The molecule has 0 fully saturated rings. The van der Waals surface area contributed by atoms with Gasteiger partial charge in [0.1, 0.15) is 11.6 Å².